The molecule has 0 aromatic heterocycles. The van der Waals surface area contributed by atoms with Gasteiger partial charge in [0.25, 0.3) is 0 Å². The Morgan fingerprint density at radius 1 is 1.17 bits per heavy atom. The van der Waals surface area contributed by atoms with Crippen molar-refractivity contribution in [3.63, 3.8) is 0 Å². The fourth-order valence-electron chi connectivity index (χ4n) is 2.50. The lowest BCUT2D eigenvalue weighted by Crippen LogP contribution is -2.03. The highest BCUT2D eigenvalue weighted by atomic mass is 32.2. The predicted molar refractivity (Wildman–Crippen MR) is 82.6 cm³/mol. The lowest BCUT2D eigenvalue weighted by Gasteiger charge is -2.14. The smallest absolute Gasteiger partial charge is 0.0478 e. The standard InChI is InChI=1S/C16H25NS/c1-2-3-8-13-17-15-11-6-7-12-16(15)18-14-9-4-5-10-14/h6-7,11-12,14,17H,2-5,8-10,13H2,1H3. The molecule has 0 unspecified atom stereocenters. The van der Waals surface area contributed by atoms with E-state index in [1.165, 1.54) is 55.5 Å². The lowest BCUT2D eigenvalue weighted by atomic mass is 10.2. The number of hydrogen-bond acceptors (Lipinski definition) is 2. The third-order valence-corrected chi connectivity index (χ3v) is 4.99. The molecule has 1 aromatic rings. The minimum atomic E-state index is 0.851. The molecule has 1 saturated carbocycles. The van der Waals surface area contributed by atoms with E-state index in [2.05, 4.69) is 48.3 Å². The second-order valence-corrected chi connectivity index (χ2v) is 6.50. The molecule has 0 bridgehead atoms. The average molecular weight is 263 g/mol. The van der Waals surface area contributed by atoms with Crippen molar-refractivity contribution in [3.05, 3.63) is 24.3 Å². The van der Waals surface area contributed by atoms with Crippen LogP contribution in [0.3, 0.4) is 0 Å². The van der Waals surface area contributed by atoms with E-state index in [9.17, 15) is 0 Å². The summed E-state index contributed by atoms with van der Waals surface area (Å²) >= 11 is 2.08. The van der Waals surface area contributed by atoms with Gasteiger partial charge in [-0.25, -0.2) is 0 Å². The Labute approximate surface area is 116 Å². The van der Waals surface area contributed by atoms with Crippen LogP contribution in [0.2, 0.25) is 0 Å². The number of nitrogens with one attached hydrogen (secondary N) is 1. The van der Waals surface area contributed by atoms with Crippen molar-refractivity contribution in [3.8, 4) is 0 Å². The summed E-state index contributed by atoms with van der Waals surface area (Å²) in [6.45, 7) is 3.36. The van der Waals surface area contributed by atoms with Crippen LogP contribution in [0.15, 0.2) is 29.2 Å². The van der Waals surface area contributed by atoms with E-state index < -0.39 is 0 Å². The summed E-state index contributed by atoms with van der Waals surface area (Å²) < 4.78 is 0. The highest BCUT2D eigenvalue weighted by Gasteiger charge is 2.17. The quantitative estimate of drug-likeness (QED) is 0.668. The molecule has 100 valence electrons. The summed E-state index contributed by atoms with van der Waals surface area (Å²) in [5.74, 6) is 0. The number of para-hydroxylation sites is 1. The van der Waals surface area contributed by atoms with Crippen molar-refractivity contribution < 1.29 is 0 Å². The van der Waals surface area contributed by atoms with Gasteiger partial charge in [0.1, 0.15) is 0 Å². The van der Waals surface area contributed by atoms with E-state index in [0.29, 0.717) is 0 Å². The number of unbranched alkanes of at least 4 members (excludes halogenated alkanes) is 2. The van der Waals surface area contributed by atoms with Crippen molar-refractivity contribution in [2.24, 2.45) is 0 Å². The highest BCUT2D eigenvalue weighted by molar-refractivity contribution is 8.00. The van der Waals surface area contributed by atoms with Crippen LogP contribution in [0.25, 0.3) is 0 Å². The molecule has 0 aliphatic heterocycles. The van der Waals surface area contributed by atoms with Gasteiger partial charge in [-0.05, 0) is 31.4 Å². The number of anilines is 1. The van der Waals surface area contributed by atoms with Gasteiger partial charge in [0, 0.05) is 22.4 Å². The number of rotatable bonds is 7. The Hall–Kier alpha value is -0.630. The molecule has 2 rings (SSSR count). The molecule has 0 spiro atoms. The van der Waals surface area contributed by atoms with Crippen molar-refractivity contribution in [1.29, 1.82) is 0 Å². The second kappa shape index (κ2) is 7.73. The van der Waals surface area contributed by atoms with Gasteiger partial charge in [-0.1, -0.05) is 44.7 Å². The molecule has 2 heteroatoms. The summed E-state index contributed by atoms with van der Waals surface area (Å²) in [6, 6.07) is 8.80. The third-order valence-electron chi connectivity index (χ3n) is 3.58. The average Bonchev–Trinajstić information content (AvgIpc) is 2.89. The zero-order valence-corrected chi connectivity index (χ0v) is 12.3. The zero-order valence-electron chi connectivity index (χ0n) is 11.5. The molecular formula is C16H25NS. The molecule has 0 heterocycles. The molecule has 1 aliphatic carbocycles. The second-order valence-electron chi connectivity index (χ2n) is 5.15. The SMILES string of the molecule is CCCCCNc1ccccc1SC1CCCC1. The van der Waals surface area contributed by atoms with Crippen LogP contribution in [0.1, 0.15) is 51.9 Å². The first-order chi connectivity index (χ1) is 8.90. The molecule has 1 nitrogen and oxygen atoms in total. The van der Waals surface area contributed by atoms with E-state index in [0.717, 1.165) is 11.8 Å². The number of benzene rings is 1. The van der Waals surface area contributed by atoms with Gasteiger partial charge < -0.3 is 5.32 Å². The number of hydrogen-bond donors (Lipinski definition) is 1. The normalized spacial score (nSPS) is 16.1. The minimum Gasteiger partial charge on any atom is -0.384 e. The van der Waals surface area contributed by atoms with Crippen LogP contribution < -0.4 is 5.32 Å². The fraction of sp³-hybridized carbons (Fsp3) is 0.625. The van der Waals surface area contributed by atoms with E-state index in [1.54, 1.807) is 0 Å². The first-order valence-electron chi connectivity index (χ1n) is 7.39. The molecule has 0 radical (unpaired) electrons. The Morgan fingerprint density at radius 2 is 1.94 bits per heavy atom. The van der Waals surface area contributed by atoms with Gasteiger partial charge in [-0.2, -0.15) is 0 Å². The van der Waals surface area contributed by atoms with E-state index in [1.807, 2.05) is 0 Å². The topological polar surface area (TPSA) is 12.0 Å². The van der Waals surface area contributed by atoms with Gasteiger partial charge in [-0.3, -0.25) is 0 Å². The Balaban J connectivity index is 1.87. The molecule has 0 atom stereocenters. The molecule has 1 aromatic carbocycles. The van der Waals surface area contributed by atoms with Crippen LogP contribution in [0, 0.1) is 0 Å². The maximum absolute atomic E-state index is 3.60. The van der Waals surface area contributed by atoms with Gasteiger partial charge in [0.15, 0.2) is 0 Å². The Kier molecular flexibility index (Phi) is 5.92. The molecule has 1 aliphatic rings. The maximum atomic E-state index is 3.60. The van der Waals surface area contributed by atoms with Gasteiger partial charge in [0.2, 0.25) is 0 Å². The van der Waals surface area contributed by atoms with E-state index in [4.69, 9.17) is 0 Å². The van der Waals surface area contributed by atoms with Gasteiger partial charge >= 0.3 is 0 Å². The van der Waals surface area contributed by atoms with Crippen molar-refractivity contribution >= 4 is 17.4 Å². The van der Waals surface area contributed by atoms with Crippen LogP contribution >= 0.6 is 11.8 Å². The summed E-state index contributed by atoms with van der Waals surface area (Å²) in [5.41, 5.74) is 1.34. The summed E-state index contributed by atoms with van der Waals surface area (Å²) in [7, 11) is 0. The number of thioether (sulfide) groups is 1. The van der Waals surface area contributed by atoms with Crippen molar-refractivity contribution in [2.45, 2.75) is 62.0 Å². The molecule has 18 heavy (non-hydrogen) atoms. The summed E-state index contributed by atoms with van der Waals surface area (Å²) in [4.78, 5) is 1.45. The summed E-state index contributed by atoms with van der Waals surface area (Å²) in [6.07, 6.45) is 9.53. The van der Waals surface area contributed by atoms with Gasteiger partial charge in [0.05, 0.1) is 0 Å². The van der Waals surface area contributed by atoms with Crippen molar-refractivity contribution in [2.75, 3.05) is 11.9 Å². The van der Waals surface area contributed by atoms with E-state index >= 15 is 0 Å². The van der Waals surface area contributed by atoms with E-state index in [-0.39, 0.29) is 0 Å². The Morgan fingerprint density at radius 3 is 2.72 bits per heavy atom. The minimum absolute atomic E-state index is 0.851. The lowest BCUT2D eigenvalue weighted by molar-refractivity contribution is 0.743. The first kappa shape index (κ1) is 13.8. The molecule has 1 N–H and O–H groups in total. The monoisotopic (exact) mass is 263 g/mol. The van der Waals surface area contributed by atoms with Crippen molar-refractivity contribution in [1.82, 2.24) is 0 Å². The molecule has 1 fully saturated rings. The maximum Gasteiger partial charge on any atom is 0.0478 e. The predicted octanol–water partition coefficient (Wildman–Crippen LogP) is 5.32. The van der Waals surface area contributed by atoms with Crippen LogP contribution in [-0.2, 0) is 0 Å². The highest BCUT2D eigenvalue weighted by Crippen LogP contribution is 2.37. The molecule has 0 saturated heterocycles. The summed E-state index contributed by atoms with van der Waals surface area (Å²) in [5, 5.41) is 4.45. The first-order valence-corrected chi connectivity index (χ1v) is 8.27. The third kappa shape index (κ3) is 4.24. The molecular weight excluding hydrogens is 238 g/mol. The Bertz CT molecular complexity index is 345. The fourth-order valence-corrected chi connectivity index (χ4v) is 3.85. The molecule has 0 amide bonds. The van der Waals surface area contributed by atoms with Gasteiger partial charge in [-0.15, -0.1) is 11.8 Å². The van der Waals surface area contributed by atoms with Crippen LogP contribution in [0.5, 0.6) is 0 Å². The van der Waals surface area contributed by atoms with Crippen LogP contribution in [-0.4, -0.2) is 11.8 Å². The largest absolute Gasteiger partial charge is 0.384 e. The zero-order chi connectivity index (χ0) is 12.6. The van der Waals surface area contributed by atoms with Crippen LogP contribution in [0.4, 0.5) is 5.69 Å².